The average molecular weight is 326 g/mol. The number of hydrogen-bond acceptors (Lipinski definition) is 4. The number of anilines is 2. The summed E-state index contributed by atoms with van der Waals surface area (Å²) in [5.41, 5.74) is 1.22. The molecule has 2 aromatic rings. The fourth-order valence-corrected chi connectivity index (χ4v) is 2.74. The van der Waals surface area contributed by atoms with Gasteiger partial charge in [0.25, 0.3) is 0 Å². The Labute approximate surface area is 139 Å². The van der Waals surface area contributed by atoms with Crippen LogP contribution in [0.5, 0.6) is 11.5 Å². The summed E-state index contributed by atoms with van der Waals surface area (Å²) in [6, 6.07) is 13.5. The van der Waals surface area contributed by atoms with Gasteiger partial charge in [-0.05, 0) is 24.3 Å². The van der Waals surface area contributed by atoms with E-state index in [-0.39, 0.29) is 24.0 Å². The van der Waals surface area contributed by atoms with E-state index in [0.29, 0.717) is 23.7 Å². The summed E-state index contributed by atoms with van der Waals surface area (Å²) < 4.78 is 5.17. The molecule has 1 fully saturated rings. The number of carbonyl (C=O) groups is 2. The molecule has 1 heterocycles. The van der Waals surface area contributed by atoms with Gasteiger partial charge in [0.15, 0.2) is 0 Å². The molecule has 0 bridgehead atoms. The van der Waals surface area contributed by atoms with E-state index in [1.165, 1.54) is 12.1 Å². The molecule has 0 unspecified atom stereocenters. The van der Waals surface area contributed by atoms with E-state index in [1.54, 1.807) is 36.3 Å². The van der Waals surface area contributed by atoms with Gasteiger partial charge >= 0.3 is 0 Å². The molecule has 2 N–H and O–H groups in total. The Balaban J connectivity index is 1.70. The van der Waals surface area contributed by atoms with Crippen molar-refractivity contribution in [2.45, 2.75) is 6.42 Å². The Morgan fingerprint density at radius 3 is 2.79 bits per heavy atom. The third-order valence-electron chi connectivity index (χ3n) is 3.97. The van der Waals surface area contributed by atoms with E-state index in [4.69, 9.17) is 4.74 Å². The summed E-state index contributed by atoms with van der Waals surface area (Å²) in [4.78, 5) is 26.2. The highest BCUT2D eigenvalue weighted by atomic mass is 16.5. The van der Waals surface area contributed by atoms with Crippen LogP contribution in [0.1, 0.15) is 6.42 Å². The number of phenols is 1. The third-order valence-corrected chi connectivity index (χ3v) is 3.97. The van der Waals surface area contributed by atoms with E-state index in [1.807, 2.05) is 12.1 Å². The highest BCUT2D eigenvalue weighted by Gasteiger charge is 2.35. The molecule has 0 aliphatic carbocycles. The molecule has 124 valence electrons. The van der Waals surface area contributed by atoms with Crippen LogP contribution >= 0.6 is 0 Å². The summed E-state index contributed by atoms with van der Waals surface area (Å²) in [7, 11) is 1.57. The molecule has 3 rings (SSSR count). The van der Waals surface area contributed by atoms with E-state index in [0.717, 1.165) is 0 Å². The molecule has 0 aromatic heterocycles. The number of benzene rings is 2. The number of nitrogens with zero attached hydrogens (tertiary/aromatic N) is 1. The Kier molecular flexibility index (Phi) is 4.37. The molecule has 24 heavy (non-hydrogen) atoms. The lowest BCUT2D eigenvalue weighted by atomic mass is 10.1. The molecular weight excluding hydrogens is 308 g/mol. The standard InChI is InChI=1S/C18H18N2O4/c1-24-16-7-3-5-14(10-16)20-11-12(8-17(20)22)18(23)19-13-4-2-6-15(21)9-13/h2-7,9-10,12,21H,8,11H2,1H3,(H,19,23)/t12-/m0/s1. The number of amides is 2. The van der Waals surface area contributed by atoms with Gasteiger partial charge in [-0.1, -0.05) is 12.1 Å². The maximum absolute atomic E-state index is 12.4. The lowest BCUT2D eigenvalue weighted by Crippen LogP contribution is -2.28. The van der Waals surface area contributed by atoms with Crippen molar-refractivity contribution in [1.82, 2.24) is 0 Å². The molecule has 0 spiro atoms. The van der Waals surface area contributed by atoms with E-state index >= 15 is 0 Å². The predicted octanol–water partition coefficient (Wildman–Crippen LogP) is 2.39. The highest BCUT2D eigenvalue weighted by molar-refractivity contribution is 6.03. The quantitative estimate of drug-likeness (QED) is 0.904. The molecular formula is C18H18N2O4. The zero-order valence-electron chi connectivity index (χ0n) is 13.2. The maximum Gasteiger partial charge on any atom is 0.229 e. The summed E-state index contributed by atoms with van der Waals surface area (Å²) in [5.74, 6) is -0.0361. The Hall–Kier alpha value is -3.02. The van der Waals surface area contributed by atoms with Gasteiger partial charge in [-0.2, -0.15) is 0 Å². The van der Waals surface area contributed by atoms with Gasteiger partial charge in [-0.25, -0.2) is 0 Å². The number of methoxy groups -OCH3 is 1. The Bertz CT molecular complexity index is 775. The second-order valence-corrected chi connectivity index (χ2v) is 5.65. The lowest BCUT2D eigenvalue weighted by Gasteiger charge is -2.17. The van der Waals surface area contributed by atoms with Crippen LogP contribution in [0.15, 0.2) is 48.5 Å². The first-order valence-electron chi connectivity index (χ1n) is 7.61. The first-order valence-corrected chi connectivity index (χ1v) is 7.61. The van der Waals surface area contributed by atoms with Gasteiger partial charge in [0, 0.05) is 36.5 Å². The molecule has 1 saturated heterocycles. The van der Waals surface area contributed by atoms with Gasteiger partial charge in [0.05, 0.1) is 13.0 Å². The molecule has 6 heteroatoms. The molecule has 2 amide bonds. The number of hydrogen-bond donors (Lipinski definition) is 2. The molecule has 0 radical (unpaired) electrons. The Morgan fingerprint density at radius 2 is 2.04 bits per heavy atom. The monoisotopic (exact) mass is 326 g/mol. The first-order chi connectivity index (χ1) is 11.6. The smallest absolute Gasteiger partial charge is 0.229 e. The van der Waals surface area contributed by atoms with E-state index in [2.05, 4.69) is 5.32 Å². The fraction of sp³-hybridized carbons (Fsp3) is 0.222. The Morgan fingerprint density at radius 1 is 1.25 bits per heavy atom. The van der Waals surface area contributed by atoms with Crippen LogP contribution in [-0.4, -0.2) is 30.6 Å². The van der Waals surface area contributed by atoms with Crippen molar-refractivity contribution in [1.29, 1.82) is 0 Å². The second-order valence-electron chi connectivity index (χ2n) is 5.65. The van der Waals surface area contributed by atoms with Gasteiger partial charge in [0.1, 0.15) is 11.5 Å². The van der Waals surface area contributed by atoms with E-state index < -0.39 is 5.92 Å². The van der Waals surface area contributed by atoms with Crippen LogP contribution in [0.4, 0.5) is 11.4 Å². The third kappa shape index (κ3) is 3.32. The van der Waals surface area contributed by atoms with Crippen molar-refractivity contribution >= 4 is 23.2 Å². The van der Waals surface area contributed by atoms with Crippen LogP contribution in [0.3, 0.4) is 0 Å². The minimum absolute atomic E-state index is 0.0771. The number of phenolic OH excluding ortho intramolecular Hbond substituents is 1. The van der Waals surface area contributed by atoms with Gasteiger partial charge < -0.3 is 20.1 Å². The van der Waals surface area contributed by atoms with Crippen molar-refractivity contribution in [3.05, 3.63) is 48.5 Å². The molecule has 1 aliphatic heterocycles. The average Bonchev–Trinajstić information content (AvgIpc) is 2.97. The zero-order valence-corrected chi connectivity index (χ0v) is 13.2. The zero-order chi connectivity index (χ0) is 17.1. The molecule has 2 aromatic carbocycles. The van der Waals surface area contributed by atoms with Crippen molar-refractivity contribution < 1.29 is 19.4 Å². The number of nitrogens with one attached hydrogen (secondary N) is 1. The van der Waals surface area contributed by atoms with Gasteiger partial charge in [-0.15, -0.1) is 0 Å². The predicted molar refractivity (Wildman–Crippen MR) is 90.2 cm³/mol. The normalized spacial score (nSPS) is 17.0. The molecule has 1 aliphatic rings. The summed E-state index contributed by atoms with van der Waals surface area (Å²) >= 11 is 0. The SMILES string of the molecule is COc1cccc(N2C[C@@H](C(=O)Nc3cccc(O)c3)CC2=O)c1. The summed E-state index contributed by atoms with van der Waals surface area (Å²) in [6.45, 7) is 0.316. The topological polar surface area (TPSA) is 78.9 Å². The highest BCUT2D eigenvalue weighted by Crippen LogP contribution is 2.28. The number of ether oxygens (including phenoxy) is 1. The fourth-order valence-electron chi connectivity index (χ4n) is 2.74. The van der Waals surface area contributed by atoms with Gasteiger partial charge in [-0.3, -0.25) is 9.59 Å². The molecule has 6 nitrogen and oxygen atoms in total. The summed E-state index contributed by atoms with van der Waals surface area (Å²) in [5, 5.41) is 12.2. The van der Waals surface area contributed by atoms with E-state index in [9.17, 15) is 14.7 Å². The van der Waals surface area contributed by atoms with Crippen LogP contribution in [-0.2, 0) is 9.59 Å². The minimum Gasteiger partial charge on any atom is -0.508 e. The molecule has 1 atom stereocenters. The van der Waals surface area contributed by atoms with Crippen LogP contribution in [0.25, 0.3) is 0 Å². The van der Waals surface area contributed by atoms with Crippen LogP contribution in [0.2, 0.25) is 0 Å². The number of aromatic hydroxyl groups is 1. The molecule has 0 saturated carbocycles. The van der Waals surface area contributed by atoms with Crippen molar-refractivity contribution in [2.24, 2.45) is 5.92 Å². The van der Waals surface area contributed by atoms with Crippen molar-refractivity contribution in [2.75, 3.05) is 23.9 Å². The van der Waals surface area contributed by atoms with Crippen molar-refractivity contribution in [3.8, 4) is 11.5 Å². The number of rotatable bonds is 4. The first kappa shape index (κ1) is 15.9. The largest absolute Gasteiger partial charge is 0.508 e. The van der Waals surface area contributed by atoms with Crippen LogP contribution < -0.4 is 15.0 Å². The van der Waals surface area contributed by atoms with Crippen LogP contribution in [0, 0.1) is 5.92 Å². The lowest BCUT2D eigenvalue weighted by molar-refractivity contribution is -0.122. The summed E-state index contributed by atoms with van der Waals surface area (Å²) in [6.07, 6.45) is 0.155. The minimum atomic E-state index is -0.439. The van der Waals surface area contributed by atoms with Crippen molar-refractivity contribution in [3.63, 3.8) is 0 Å². The maximum atomic E-state index is 12.4. The second kappa shape index (κ2) is 6.62. The van der Waals surface area contributed by atoms with Gasteiger partial charge in [0.2, 0.25) is 11.8 Å². The number of carbonyl (C=O) groups excluding carboxylic acids is 2.